The Bertz CT molecular complexity index is 385. The Morgan fingerprint density at radius 1 is 1.56 bits per heavy atom. The van der Waals surface area contributed by atoms with Crippen LogP contribution in [0.4, 0.5) is 0 Å². The minimum absolute atomic E-state index is 0.356. The first kappa shape index (κ1) is 11.5. The van der Waals surface area contributed by atoms with Crippen LogP contribution in [-0.4, -0.2) is 20.4 Å². The molecule has 1 aromatic rings. The molecule has 0 radical (unpaired) electrons. The van der Waals surface area contributed by atoms with Crippen molar-refractivity contribution in [2.24, 2.45) is 5.92 Å². The largest absolute Gasteiger partial charge is 0.481 e. The lowest BCUT2D eigenvalue weighted by Crippen LogP contribution is -2.13. The van der Waals surface area contributed by atoms with E-state index >= 15 is 0 Å². The average molecular weight is 240 g/mol. The van der Waals surface area contributed by atoms with Gasteiger partial charge in [-0.15, -0.1) is 0 Å². The third-order valence-electron chi connectivity index (χ3n) is 2.70. The molecule has 1 aromatic heterocycles. The highest BCUT2D eigenvalue weighted by Crippen LogP contribution is 2.39. The van der Waals surface area contributed by atoms with Gasteiger partial charge in [-0.25, -0.2) is 4.98 Å². The van der Waals surface area contributed by atoms with E-state index in [-0.39, 0.29) is 0 Å². The number of rotatable bonds is 5. The molecule has 0 amide bonds. The molecule has 5 heteroatoms. The molecule has 1 atom stereocenters. The summed E-state index contributed by atoms with van der Waals surface area (Å²) in [6.07, 6.45) is 2.94. The van der Waals surface area contributed by atoms with Gasteiger partial charge in [0.2, 0.25) is 0 Å². The van der Waals surface area contributed by atoms with Crippen molar-refractivity contribution in [3.8, 4) is 0 Å². The van der Waals surface area contributed by atoms with Gasteiger partial charge in [0.1, 0.15) is 16.7 Å². The first-order valence-corrected chi connectivity index (χ1v) is 6.41. The normalized spacial score (nSPS) is 17.7. The maximum absolute atomic E-state index is 11.2. The predicted molar refractivity (Wildman–Crippen MR) is 61.7 cm³/mol. The minimum Gasteiger partial charge on any atom is -0.481 e. The highest BCUT2D eigenvalue weighted by atomic mass is 32.1. The van der Waals surface area contributed by atoms with Crippen molar-refractivity contribution < 1.29 is 9.90 Å². The summed E-state index contributed by atoms with van der Waals surface area (Å²) in [6.45, 7) is 4.05. The summed E-state index contributed by atoms with van der Waals surface area (Å²) >= 11 is 1.25. The summed E-state index contributed by atoms with van der Waals surface area (Å²) < 4.78 is 4.26. The summed E-state index contributed by atoms with van der Waals surface area (Å²) in [5.41, 5.74) is 0. The van der Waals surface area contributed by atoms with Gasteiger partial charge in [0.25, 0.3) is 0 Å². The number of carboxylic acids is 1. The van der Waals surface area contributed by atoms with E-state index in [4.69, 9.17) is 0 Å². The SMILES string of the molecule is CC(C)CC(C(=O)O)c1nc(C2CC2)ns1. The third kappa shape index (κ3) is 2.58. The zero-order chi connectivity index (χ0) is 11.7. The summed E-state index contributed by atoms with van der Waals surface area (Å²) in [6, 6.07) is 0. The average Bonchev–Trinajstić information content (AvgIpc) is 2.93. The van der Waals surface area contributed by atoms with Gasteiger partial charge in [0.15, 0.2) is 0 Å². The molecule has 1 unspecified atom stereocenters. The summed E-state index contributed by atoms with van der Waals surface area (Å²) in [4.78, 5) is 15.5. The number of carbonyl (C=O) groups is 1. The molecule has 1 saturated carbocycles. The lowest BCUT2D eigenvalue weighted by atomic mass is 9.98. The summed E-state index contributed by atoms with van der Waals surface area (Å²) in [5.74, 6) is 0.445. The smallest absolute Gasteiger partial charge is 0.313 e. The second kappa shape index (κ2) is 4.49. The predicted octanol–water partition coefficient (Wildman–Crippen LogP) is 2.63. The molecule has 1 aliphatic carbocycles. The number of nitrogens with zero attached hydrogens (tertiary/aromatic N) is 2. The van der Waals surface area contributed by atoms with E-state index in [2.05, 4.69) is 9.36 Å². The van der Waals surface area contributed by atoms with Crippen LogP contribution in [0.25, 0.3) is 0 Å². The van der Waals surface area contributed by atoms with Crippen LogP contribution in [0, 0.1) is 5.92 Å². The van der Waals surface area contributed by atoms with Crippen molar-refractivity contribution in [3.63, 3.8) is 0 Å². The maximum atomic E-state index is 11.2. The van der Waals surface area contributed by atoms with Gasteiger partial charge in [0, 0.05) is 5.92 Å². The molecule has 1 aliphatic rings. The van der Waals surface area contributed by atoms with Crippen LogP contribution in [0.5, 0.6) is 0 Å². The van der Waals surface area contributed by atoms with Crippen molar-refractivity contribution >= 4 is 17.5 Å². The number of carboxylic acid groups (broad SMARTS) is 1. The molecule has 1 heterocycles. The molecule has 0 aliphatic heterocycles. The molecular weight excluding hydrogens is 224 g/mol. The molecule has 2 rings (SSSR count). The molecule has 1 fully saturated rings. The lowest BCUT2D eigenvalue weighted by molar-refractivity contribution is -0.139. The van der Waals surface area contributed by atoms with Crippen LogP contribution in [0.3, 0.4) is 0 Å². The summed E-state index contributed by atoms with van der Waals surface area (Å²) in [7, 11) is 0. The van der Waals surface area contributed by atoms with Gasteiger partial charge in [-0.3, -0.25) is 4.79 Å². The molecule has 16 heavy (non-hydrogen) atoms. The van der Waals surface area contributed by atoms with Gasteiger partial charge in [0.05, 0.1) is 0 Å². The standard InChI is InChI=1S/C11H16N2O2S/c1-6(2)5-8(11(14)15)10-12-9(13-16-10)7-3-4-7/h6-8H,3-5H2,1-2H3,(H,14,15). The van der Waals surface area contributed by atoms with Gasteiger partial charge < -0.3 is 5.11 Å². The van der Waals surface area contributed by atoms with Crippen LogP contribution in [-0.2, 0) is 4.79 Å². The van der Waals surface area contributed by atoms with Crippen molar-refractivity contribution in [2.75, 3.05) is 0 Å². The fourth-order valence-corrected chi connectivity index (χ4v) is 2.51. The molecule has 0 aromatic carbocycles. The third-order valence-corrected chi connectivity index (χ3v) is 3.54. The fourth-order valence-electron chi connectivity index (χ4n) is 1.67. The second-order valence-corrected chi connectivity index (χ2v) is 5.57. The summed E-state index contributed by atoms with van der Waals surface area (Å²) in [5, 5.41) is 9.85. The van der Waals surface area contributed by atoms with Crippen LogP contribution in [0.1, 0.15) is 55.8 Å². The zero-order valence-electron chi connectivity index (χ0n) is 9.51. The van der Waals surface area contributed by atoms with Crippen LogP contribution < -0.4 is 0 Å². The lowest BCUT2D eigenvalue weighted by Gasteiger charge is -2.10. The van der Waals surface area contributed by atoms with E-state index < -0.39 is 11.9 Å². The van der Waals surface area contributed by atoms with Crippen molar-refractivity contribution in [1.29, 1.82) is 0 Å². The molecular formula is C11H16N2O2S. The Hall–Kier alpha value is -0.970. The number of hydrogen-bond acceptors (Lipinski definition) is 4. The Morgan fingerprint density at radius 3 is 2.75 bits per heavy atom. The van der Waals surface area contributed by atoms with Crippen LogP contribution >= 0.6 is 11.5 Å². The molecule has 4 nitrogen and oxygen atoms in total. The Labute approximate surface area is 98.9 Å². The molecule has 1 N–H and O–H groups in total. The molecule has 0 bridgehead atoms. The highest BCUT2D eigenvalue weighted by Gasteiger charge is 2.31. The Balaban J connectivity index is 2.13. The number of aromatic nitrogens is 2. The zero-order valence-corrected chi connectivity index (χ0v) is 10.3. The Kier molecular flexibility index (Phi) is 3.23. The maximum Gasteiger partial charge on any atom is 0.313 e. The van der Waals surface area contributed by atoms with Gasteiger partial charge in [-0.1, -0.05) is 13.8 Å². The van der Waals surface area contributed by atoms with E-state index in [0.717, 1.165) is 18.7 Å². The van der Waals surface area contributed by atoms with E-state index in [0.29, 0.717) is 23.3 Å². The Morgan fingerprint density at radius 2 is 2.25 bits per heavy atom. The van der Waals surface area contributed by atoms with Crippen molar-refractivity contribution in [1.82, 2.24) is 9.36 Å². The van der Waals surface area contributed by atoms with Gasteiger partial charge in [-0.2, -0.15) is 4.37 Å². The van der Waals surface area contributed by atoms with E-state index in [1.54, 1.807) is 0 Å². The second-order valence-electron chi connectivity index (χ2n) is 4.79. The van der Waals surface area contributed by atoms with E-state index in [9.17, 15) is 9.90 Å². The van der Waals surface area contributed by atoms with Crippen LogP contribution in [0.2, 0.25) is 0 Å². The number of hydrogen-bond donors (Lipinski definition) is 1. The minimum atomic E-state index is -0.785. The fraction of sp³-hybridized carbons (Fsp3) is 0.727. The van der Waals surface area contributed by atoms with Crippen molar-refractivity contribution in [3.05, 3.63) is 10.8 Å². The molecule has 0 saturated heterocycles. The molecule has 0 spiro atoms. The quantitative estimate of drug-likeness (QED) is 0.859. The van der Waals surface area contributed by atoms with Crippen LogP contribution in [0.15, 0.2) is 0 Å². The highest BCUT2D eigenvalue weighted by molar-refractivity contribution is 7.05. The monoisotopic (exact) mass is 240 g/mol. The van der Waals surface area contributed by atoms with E-state index in [1.807, 2.05) is 13.8 Å². The topological polar surface area (TPSA) is 63.1 Å². The van der Waals surface area contributed by atoms with Gasteiger partial charge in [-0.05, 0) is 36.7 Å². The van der Waals surface area contributed by atoms with Gasteiger partial charge >= 0.3 is 5.97 Å². The van der Waals surface area contributed by atoms with Crippen molar-refractivity contribution in [2.45, 2.75) is 44.9 Å². The molecule has 88 valence electrons. The first-order chi connectivity index (χ1) is 7.58. The van der Waals surface area contributed by atoms with E-state index in [1.165, 1.54) is 11.5 Å². The number of aliphatic carboxylic acids is 1. The first-order valence-electron chi connectivity index (χ1n) is 5.64.